The Hall–Kier alpha value is -2.22. The lowest BCUT2D eigenvalue weighted by Gasteiger charge is -2.28. The number of hydrogen-bond donors (Lipinski definition) is 1. The number of thioether (sulfide) groups is 1. The van der Waals surface area contributed by atoms with E-state index in [0.717, 1.165) is 55.0 Å². The zero-order valence-corrected chi connectivity index (χ0v) is 20.4. The van der Waals surface area contributed by atoms with Crippen LogP contribution in [0.1, 0.15) is 22.9 Å². The average molecular weight is 470 g/mol. The quantitative estimate of drug-likeness (QED) is 0.602. The van der Waals surface area contributed by atoms with E-state index >= 15 is 0 Å². The van der Waals surface area contributed by atoms with Crippen molar-refractivity contribution in [1.29, 1.82) is 0 Å². The molecule has 4 rings (SSSR count). The molecule has 2 aromatic carbocycles. The number of rotatable bonds is 7. The van der Waals surface area contributed by atoms with Crippen LogP contribution in [0.5, 0.6) is 11.5 Å². The summed E-state index contributed by atoms with van der Waals surface area (Å²) in [5.74, 6) is 2.93. The second-order valence-electron chi connectivity index (χ2n) is 7.87. The second-order valence-corrected chi connectivity index (χ2v) is 9.44. The molecular formula is C25H31N3O2S2. The predicted molar refractivity (Wildman–Crippen MR) is 138 cm³/mol. The molecule has 32 heavy (non-hydrogen) atoms. The van der Waals surface area contributed by atoms with Gasteiger partial charge in [0.25, 0.3) is 0 Å². The van der Waals surface area contributed by atoms with Crippen LogP contribution in [-0.2, 0) is 0 Å². The lowest BCUT2D eigenvalue weighted by molar-refractivity contribution is 0.220. The van der Waals surface area contributed by atoms with Crippen LogP contribution in [0.3, 0.4) is 0 Å². The molecule has 0 saturated carbocycles. The fourth-order valence-electron chi connectivity index (χ4n) is 4.18. The van der Waals surface area contributed by atoms with Crippen LogP contribution >= 0.6 is 24.0 Å². The summed E-state index contributed by atoms with van der Waals surface area (Å²) < 4.78 is 11.6. The number of nitrogens with one attached hydrogen (secondary N) is 1. The summed E-state index contributed by atoms with van der Waals surface area (Å²) in [5, 5.41) is 4.11. The van der Waals surface area contributed by atoms with Crippen molar-refractivity contribution in [2.24, 2.45) is 0 Å². The molecule has 2 heterocycles. The Labute approximate surface area is 200 Å². The fraction of sp³-hybridized carbons (Fsp3) is 0.400. The van der Waals surface area contributed by atoms with Crippen molar-refractivity contribution in [3.63, 3.8) is 0 Å². The minimum Gasteiger partial charge on any atom is -0.497 e. The van der Waals surface area contributed by atoms with Gasteiger partial charge in [-0.3, -0.25) is 4.90 Å². The molecule has 1 atom stereocenters. The van der Waals surface area contributed by atoms with Crippen LogP contribution in [0.2, 0.25) is 0 Å². The maximum atomic E-state index is 6.27. The molecule has 7 heteroatoms. The van der Waals surface area contributed by atoms with Crippen molar-refractivity contribution >= 4 is 34.7 Å². The summed E-state index contributed by atoms with van der Waals surface area (Å²) in [5.41, 5.74) is 3.85. The van der Waals surface area contributed by atoms with Crippen molar-refractivity contribution in [2.75, 3.05) is 52.7 Å². The largest absolute Gasteiger partial charge is 0.497 e. The monoisotopic (exact) mass is 469 g/mol. The molecule has 1 N–H and O–H groups in total. The van der Waals surface area contributed by atoms with Gasteiger partial charge in [0.05, 0.1) is 7.11 Å². The number of nitrogens with zero attached hydrogens (tertiary/aromatic N) is 2. The van der Waals surface area contributed by atoms with Crippen LogP contribution in [0.15, 0.2) is 54.6 Å². The highest BCUT2D eigenvalue weighted by Crippen LogP contribution is 2.41. The summed E-state index contributed by atoms with van der Waals surface area (Å²) in [4.78, 5) is 4.69. The maximum Gasteiger partial charge on any atom is 0.169 e. The first-order chi connectivity index (χ1) is 15.7. The van der Waals surface area contributed by atoms with Gasteiger partial charge in [0.2, 0.25) is 0 Å². The van der Waals surface area contributed by atoms with Gasteiger partial charge in [-0.1, -0.05) is 36.4 Å². The first kappa shape index (κ1) is 23.0. The number of benzene rings is 2. The van der Waals surface area contributed by atoms with Crippen molar-refractivity contribution in [2.45, 2.75) is 11.8 Å². The lowest BCUT2D eigenvalue weighted by Crippen LogP contribution is -2.37. The Morgan fingerprint density at radius 1 is 1.19 bits per heavy atom. The molecule has 0 radical (unpaired) electrons. The van der Waals surface area contributed by atoms with E-state index in [1.807, 2.05) is 30.9 Å². The Bertz CT molecular complexity index is 966. The Morgan fingerprint density at radius 3 is 2.84 bits per heavy atom. The Morgan fingerprint density at radius 2 is 2.06 bits per heavy atom. The van der Waals surface area contributed by atoms with Crippen LogP contribution in [0, 0.1) is 0 Å². The first-order valence-electron chi connectivity index (χ1n) is 11.1. The number of ether oxygens (including phenoxy) is 2. The van der Waals surface area contributed by atoms with Gasteiger partial charge in [-0.15, -0.1) is 11.8 Å². The minimum atomic E-state index is 0.203. The smallest absolute Gasteiger partial charge is 0.169 e. The third-order valence-electron chi connectivity index (χ3n) is 5.95. The zero-order valence-electron chi connectivity index (χ0n) is 18.8. The third kappa shape index (κ3) is 5.39. The topological polar surface area (TPSA) is 37.0 Å². The number of para-hydroxylation sites is 1. The fourth-order valence-corrected chi connectivity index (χ4v) is 5.73. The zero-order chi connectivity index (χ0) is 22.3. The molecule has 2 aliphatic rings. The van der Waals surface area contributed by atoms with Crippen LogP contribution in [0.25, 0.3) is 5.57 Å². The van der Waals surface area contributed by atoms with E-state index in [1.54, 1.807) is 7.11 Å². The summed E-state index contributed by atoms with van der Waals surface area (Å²) in [6, 6.07) is 16.7. The Kier molecular flexibility index (Phi) is 7.95. The van der Waals surface area contributed by atoms with Crippen LogP contribution in [-0.4, -0.2) is 67.6 Å². The highest BCUT2D eigenvalue weighted by Gasteiger charge is 2.30. The SMILES string of the molecule is CNC(=S)N1CCSC1c1ccccc1OCCN1CC=C(c2cccc(OC)c2)CC1. The summed E-state index contributed by atoms with van der Waals surface area (Å²) in [7, 11) is 3.60. The molecule has 1 unspecified atom stereocenters. The predicted octanol–water partition coefficient (Wildman–Crippen LogP) is 4.42. The van der Waals surface area contributed by atoms with Gasteiger partial charge in [-0.25, -0.2) is 0 Å². The minimum absolute atomic E-state index is 0.203. The van der Waals surface area contributed by atoms with E-state index in [1.165, 1.54) is 16.7 Å². The second kappa shape index (κ2) is 11.1. The van der Waals surface area contributed by atoms with E-state index < -0.39 is 0 Å². The van der Waals surface area contributed by atoms with Gasteiger partial charge < -0.3 is 19.7 Å². The van der Waals surface area contributed by atoms with Gasteiger partial charge in [0.15, 0.2) is 5.11 Å². The highest BCUT2D eigenvalue weighted by molar-refractivity contribution is 7.99. The van der Waals surface area contributed by atoms with Gasteiger partial charge in [-0.05, 0) is 48.0 Å². The number of methoxy groups -OCH3 is 1. The number of thiocarbonyl (C=S) groups is 1. The molecule has 170 valence electrons. The standard InChI is InChI=1S/C25H31N3O2S2/c1-26-25(31)28-15-17-32-24(28)22-8-3-4-9-23(22)30-16-14-27-12-10-19(11-13-27)20-6-5-7-21(18-20)29-2/h3-10,18,24H,11-17H2,1-2H3,(H,26,31). The molecule has 1 saturated heterocycles. The maximum absolute atomic E-state index is 6.27. The Balaban J connectivity index is 1.33. The summed E-state index contributed by atoms with van der Waals surface area (Å²) >= 11 is 7.42. The molecule has 0 aromatic heterocycles. The molecule has 0 amide bonds. The van der Waals surface area contributed by atoms with E-state index in [9.17, 15) is 0 Å². The lowest BCUT2D eigenvalue weighted by atomic mass is 9.99. The van der Waals surface area contributed by atoms with E-state index in [2.05, 4.69) is 57.6 Å². The molecule has 2 aliphatic heterocycles. The highest BCUT2D eigenvalue weighted by atomic mass is 32.2. The van der Waals surface area contributed by atoms with Crippen molar-refractivity contribution < 1.29 is 9.47 Å². The van der Waals surface area contributed by atoms with Crippen LogP contribution in [0.4, 0.5) is 0 Å². The normalized spacial score (nSPS) is 18.9. The van der Waals surface area contributed by atoms with Gasteiger partial charge >= 0.3 is 0 Å². The molecular weight excluding hydrogens is 438 g/mol. The number of hydrogen-bond acceptors (Lipinski definition) is 5. The van der Waals surface area contributed by atoms with E-state index in [0.29, 0.717) is 6.61 Å². The van der Waals surface area contributed by atoms with Crippen LogP contribution < -0.4 is 14.8 Å². The van der Waals surface area contributed by atoms with Crippen molar-refractivity contribution in [1.82, 2.24) is 15.1 Å². The van der Waals surface area contributed by atoms with Gasteiger partial charge in [-0.2, -0.15) is 0 Å². The molecule has 0 spiro atoms. The van der Waals surface area contributed by atoms with E-state index in [-0.39, 0.29) is 5.37 Å². The summed E-state index contributed by atoms with van der Waals surface area (Å²) in [6.07, 6.45) is 3.37. The van der Waals surface area contributed by atoms with E-state index in [4.69, 9.17) is 21.7 Å². The molecule has 1 fully saturated rings. The third-order valence-corrected chi connectivity index (χ3v) is 7.63. The average Bonchev–Trinajstić information content (AvgIpc) is 3.34. The molecule has 0 bridgehead atoms. The van der Waals surface area contributed by atoms with Gasteiger partial charge in [0, 0.05) is 44.5 Å². The van der Waals surface area contributed by atoms with Crippen molar-refractivity contribution in [3.8, 4) is 11.5 Å². The molecule has 2 aromatic rings. The van der Waals surface area contributed by atoms with Crippen molar-refractivity contribution in [3.05, 3.63) is 65.7 Å². The summed E-state index contributed by atoms with van der Waals surface area (Å²) in [6.45, 7) is 4.52. The first-order valence-corrected chi connectivity index (χ1v) is 12.5. The molecule has 5 nitrogen and oxygen atoms in total. The molecule has 0 aliphatic carbocycles. The van der Waals surface area contributed by atoms with Gasteiger partial charge in [0.1, 0.15) is 23.5 Å².